The van der Waals surface area contributed by atoms with E-state index in [1.165, 1.54) is 13.4 Å². The normalized spacial score (nSPS) is 15.3. The van der Waals surface area contributed by atoms with E-state index in [0.29, 0.717) is 44.3 Å². The number of rotatable bonds is 6. The van der Waals surface area contributed by atoms with E-state index in [-0.39, 0.29) is 6.61 Å². The van der Waals surface area contributed by atoms with E-state index in [9.17, 15) is 4.79 Å². The molecule has 2 aromatic carbocycles. The molecule has 0 bridgehead atoms. The van der Waals surface area contributed by atoms with Gasteiger partial charge in [0, 0.05) is 21.3 Å². The van der Waals surface area contributed by atoms with Crippen LogP contribution >= 0.6 is 23.2 Å². The molecule has 1 amide bonds. The lowest BCUT2D eigenvalue weighted by Crippen LogP contribution is -2.31. The smallest absolute Gasteiger partial charge is 0.248 e. The highest BCUT2D eigenvalue weighted by atomic mass is 35.5. The molecule has 3 aromatic rings. The summed E-state index contributed by atoms with van der Waals surface area (Å²) in [7, 11) is 1.54. The van der Waals surface area contributed by atoms with Crippen molar-refractivity contribution < 1.29 is 14.3 Å². The Labute approximate surface area is 188 Å². The van der Waals surface area contributed by atoms with Crippen LogP contribution in [0.3, 0.4) is 0 Å². The summed E-state index contributed by atoms with van der Waals surface area (Å²) >= 11 is 12.5. The van der Waals surface area contributed by atoms with Crippen LogP contribution in [0.25, 0.3) is 0 Å². The van der Waals surface area contributed by atoms with Gasteiger partial charge in [-0.15, -0.1) is 0 Å². The number of halogens is 2. The van der Waals surface area contributed by atoms with Crippen LogP contribution in [0.4, 0.5) is 5.95 Å². The van der Waals surface area contributed by atoms with Gasteiger partial charge in [0.2, 0.25) is 11.9 Å². The van der Waals surface area contributed by atoms with E-state index in [1.54, 1.807) is 41.9 Å². The Morgan fingerprint density at radius 2 is 1.97 bits per heavy atom. The quantitative estimate of drug-likeness (QED) is 0.578. The number of nitrogens with two attached hydrogens (primary N) is 1. The first-order valence-corrected chi connectivity index (χ1v) is 10.1. The number of nitrogens with one attached hydrogen (secondary N) is 1. The molecule has 160 valence electrons. The van der Waals surface area contributed by atoms with Crippen molar-refractivity contribution in [1.82, 2.24) is 14.8 Å². The minimum Gasteiger partial charge on any atom is -0.493 e. The Hall–Kier alpha value is -3.23. The first-order valence-electron chi connectivity index (χ1n) is 9.31. The van der Waals surface area contributed by atoms with Crippen molar-refractivity contribution in [3.63, 3.8) is 0 Å². The fourth-order valence-corrected chi connectivity index (χ4v) is 4.02. The average Bonchev–Trinajstić information content (AvgIpc) is 3.20. The number of carbonyl (C=O) groups excluding carboxylic acids is 1. The minimum atomic E-state index is -0.558. The third-order valence-electron chi connectivity index (χ3n) is 5.00. The van der Waals surface area contributed by atoms with Gasteiger partial charge in [0.05, 0.1) is 12.7 Å². The number of ether oxygens (including phenoxy) is 2. The monoisotopic (exact) mass is 459 g/mol. The highest BCUT2D eigenvalue weighted by Crippen LogP contribution is 2.38. The lowest BCUT2D eigenvalue weighted by atomic mass is 9.95. The van der Waals surface area contributed by atoms with E-state index in [2.05, 4.69) is 15.4 Å². The second-order valence-electron chi connectivity index (χ2n) is 6.86. The number of nitrogens with zero attached hydrogens (tertiary/aromatic N) is 3. The standard InChI is InChI=1S/C21H19Cl2N5O3/c1-11-18(20(24)29)19(28-21(27-11)25-10-26-28)12-6-7-16(17(8-12)30-2)31-9-13-14(22)4-3-5-15(13)23/h3-8,10,19H,9H2,1-2H3,(H2,24,29)(H,25,26,27). The number of primary amides is 1. The zero-order valence-corrected chi connectivity index (χ0v) is 18.2. The van der Waals surface area contributed by atoms with Crippen molar-refractivity contribution >= 4 is 35.1 Å². The lowest BCUT2D eigenvalue weighted by molar-refractivity contribution is -0.115. The minimum absolute atomic E-state index is 0.167. The molecule has 1 atom stereocenters. The summed E-state index contributed by atoms with van der Waals surface area (Å²) < 4.78 is 13.1. The second-order valence-corrected chi connectivity index (χ2v) is 7.67. The SMILES string of the molecule is COc1cc(C2C(C(N)=O)=C(C)Nc3ncnn32)ccc1OCc1c(Cl)cccc1Cl. The van der Waals surface area contributed by atoms with Crippen molar-refractivity contribution in [3.05, 3.63) is 75.2 Å². The highest BCUT2D eigenvalue weighted by Gasteiger charge is 2.32. The van der Waals surface area contributed by atoms with Gasteiger partial charge in [-0.1, -0.05) is 35.3 Å². The third-order valence-corrected chi connectivity index (χ3v) is 5.71. The number of methoxy groups -OCH3 is 1. The molecule has 8 nitrogen and oxygen atoms in total. The number of hydrogen-bond donors (Lipinski definition) is 2. The molecule has 0 aliphatic carbocycles. The molecule has 4 rings (SSSR count). The highest BCUT2D eigenvalue weighted by molar-refractivity contribution is 6.35. The summed E-state index contributed by atoms with van der Waals surface area (Å²) in [5.74, 6) is 0.933. The lowest BCUT2D eigenvalue weighted by Gasteiger charge is -2.28. The van der Waals surface area contributed by atoms with Crippen LogP contribution in [0, 0.1) is 0 Å². The molecule has 10 heteroatoms. The molecular weight excluding hydrogens is 441 g/mol. The van der Waals surface area contributed by atoms with E-state index in [1.807, 2.05) is 6.07 Å². The van der Waals surface area contributed by atoms with Crippen molar-refractivity contribution in [2.24, 2.45) is 5.73 Å². The predicted octanol–water partition coefficient (Wildman–Crippen LogP) is 3.95. The number of fused-ring (bicyclic) bond motifs is 1. The van der Waals surface area contributed by atoms with Crippen LogP contribution in [0.2, 0.25) is 10.0 Å². The van der Waals surface area contributed by atoms with Crippen molar-refractivity contribution in [2.75, 3.05) is 12.4 Å². The molecule has 0 saturated heterocycles. The number of amides is 1. The summed E-state index contributed by atoms with van der Waals surface area (Å²) in [5.41, 5.74) is 8.09. The van der Waals surface area contributed by atoms with Gasteiger partial charge in [-0.05, 0) is 36.8 Å². The maximum Gasteiger partial charge on any atom is 0.248 e. The number of carbonyl (C=O) groups is 1. The van der Waals surface area contributed by atoms with Gasteiger partial charge in [-0.3, -0.25) is 4.79 Å². The first-order chi connectivity index (χ1) is 14.9. The van der Waals surface area contributed by atoms with Crippen molar-refractivity contribution in [2.45, 2.75) is 19.6 Å². The Kier molecular flexibility index (Phi) is 5.75. The Morgan fingerprint density at radius 1 is 1.23 bits per heavy atom. The summed E-state index contributed by atoms with van der Waals surface area (Å²) in [5, 5.41) is 8.34. The molecule has 31 heavy (non-hydrogen) atoms. The first kappa shape index (κ1) is 21.0. The molecular formula is C21H19Cl2N5O3. The molecule has 1 aromatic heterocycles. The largest absolute Gasteiger partial charge is 0.493 e. The van der Waals surface area contributed by atoms with Crippen LogP contribution in [0.5, 0.6) is 11.5 Å². The van der Waals surface area contributed by atoms with E-state index in [4.69, 9.17) is 38.4 Å². The molecule has 0 radical (unpaired) electrons. The Balaban J connectivity index is 1.69. The molecule has 2 heterocycles. The molecule has 3 N–H and O–H groups in total. The molecule has 0 spiro atoms. The zero-order chi connectivity index (χ0) is 22.1. The average molecular weight is 460 g/mol. The second kappa shape index (κ2) is 8.49. The third kappa shape index (κ3) is 3.92. The Bertz CT molecular complexity index is 1170. The van der Waals surface area contributed by atoms with Crippen molar-refractivity contribution in [1.29, 1.82) is 0 Å². The summed E-state index contributed by atoms with van der Waals surface area (Å²) in [6, 6.07) is 10.1. The van der Waals surface area contributed by atoms with Crippen LogP contribution in [0.15, 0.2) is 54.0 Å². The van der Waals surface area contributed by atoms with Gasteiger partial charge in [0.15, 0.2) is 11.5 Å². The summed E-state index contributed by atoms with van der Waals surface area (Å²) in [6.07, 6.45) is 1.41. The number of anilines is 1. The number of allylic oxidation sites excluding steroid dienone is 1. The van der Waals surface area contributed by atoms with Gasteiger partial charge in [-0.2, -0.15) is 10.1 Å². The predicted molar refractivity (Wildman–Crippen MR) is 117 cm³/mol. The number of hydrogen-bond acceptors (Lipinski definition) is 6. The summed E-state index contributed by atoms with van der Waals surface area (Å²) in [6.45, 7) is 1.94. The number of aromatic nitrogens is 3. The summed E-state index contributed by atoms with van der Waals surface area (Å²) in [4.78, 5) is 16.4. The molecule has 0 fully saturated rings. The molecule has 1 unspecified atom stereocenters. The van der Waals surface area contributed by atoms with E-state index < -0.39 is 11.9 Å². The fraction of sp³-hybridized carbons (Fsp3) is 0.190. The fourth-order valence-electron chi connectivity index (χ4n) is 3.51. The maximum absolute atomic E-state index is 12.2. The van der Waals surface area contributed by atoms with E-state index in [0.717, 1.165) is 5.56 Å². The van der Waals surface area contributed by atoms with Crippen LogP contribution in [-0.2, 0) is 11.4 Å². The van der Waals surface area contributed by atoms with Gasteiger partial charge < -0.3 is 20.5 Å². The molecule has 0 saturated carbocycles. The Morgan fingerprint density at radius 3 is 2.65 bits per heavy atom. The maximum atomic E-state index is 12.2. The van der Waals surface area contributed by atoms with Gasteiger partial charge in [0.1, 0.15) is 19.0 Å². The molecule has 1 aliphatic heterocycles. The van der Waals surface area contributed by atoms with Crippen molar-refractivity contribution in [3.8, 4) is 11.5 Å². The van der Waals surface area contributed by atoms with Crippen LogP contribution in [-0.4, -0.2) is 27.8 Å². The van der Waals surface area contributed by atoms with E-state index >= 15 is 0 Å². The zero-order valence-electron chi connectivity index (χ0n) is 16.7. The van der Waals surface area contributed by atoms with Gasteiger partial charge in [-0.25, -0.2) is 4.68 Å². The molecule has 1 aliphatic rings. The van der Waals surface area contributed by atoms with Gasteiger partial charge >= 0.3 is 0 Å². The van der Waals surface area contributed by atoms with Gasteiger partial charge in [0.25, 0.3) is 0 Å². The number of benzene rings is 2. The topological polar surface area (TPSA) is 104 Å². The van der Waals surface area contributed by atoms with Crippen LogP contribution in [0.1, 0.15) is 24.1 Å². The van der Waals surface area contributed by atoms with Crippen LogP contribution < -0.4 is 20.5 Å².